The maximum Gasteiger partial charge on any atom is 0.255 e. The first-order valence-corrected chi connectivity index (χ1v) is 9.04. The Morgan fingerprint density at radius 1 is 1.16 bits per heavy atom. The second-order valence-electron chi connectivity index (χ2n) is 6.55. The Bertz CT molecular complexity index is 577. The van der Waals surface area contributed by atoms with Crippen LogP contribution in [0.1, 0.15) is 43.0 Å². The van der Waals surface area contributed by atoms with Gasteiger partial charge in [0.15, 0.2) is 11.5 Å². The molecule has 0 spiro atoms. The highest BCUT2D eigenvalue weighted by Crippen LogP contribution is 2.39. The molecule has 0 aromatic heterocycles. The van der Waals surface area contributed by atoms with Crippen molar-refractivity contribution in [3.8, 4) is 17.2 Å². The average molecular weight is 351 g/mol. The summed E-state index contributed by atoms with van der Waals surface area (Å²) in [6.45, 7) is 5.33. The molecule has 6 nitrogen and oxygen atoms in total. The van der Waals surface area contributed by atoms with E-state index in [2.05, 4.69) is 12.2 Å². The molecule has 25 heavy (non-hydrogen) atoms. The number of quaternary nitrogens is 1. The van der Waals surface area contributed by atoms with Gasteiger partial charge in [0.2, 0.25) is 5.75 Å². The fourth-order valence-corrected chi connectivity index (χ4v) is 3.52. The van der Waals surface area contributed by atoms with Crippen molar-refractivity contribution in [2.75, 3.05) is 41.0 Å². The molecule has 1 amide bonds. The summed E-state index contributed by atoms with van der Waals surface area (Å²) in [5.74, 6) is 1.22. The molecule has 0 bridgehead atoms. The molecule has 1 saturated heterocycles. The number of rotatable bonds is 8. The standard InChI is InChI=1S/C19H30N2O4/c1-14-8-5-6-12-21(14)13-7-11-20-19(22)15-9-10-16(23-2)18(25-4)17(15)24-3/h9-10,14H,5-8,11-13H2,1-4H3,(H,20,22)/p+1/t14-/m0/s1. The molecule has 0 aliphatic carbocycles. The molecular weight excluding hydrogens is 320 g/mol. The van der Waals surface area contributed by atoms with Gasteiger partial charge in [0.05, 0.1) is 46.0 Å². The first-order valence-electron chi connectivity index (χ1n) is 9.04. The van der Waals surface area contributed by atoms with Gasteiger partial charge in [-0.3, -0.25) is 4.79 Å². The third kappa shape index (κ3) is 4.78. The molecule has 1 aliphatic rings. The summed E-state index contributed by atoms with van der Waals surface area (Å²) >= 11 is 0. The minimum Gasteiger partial charge on any atom is -0.493 e. The molecule has 1 fully saturated rings. The lowest BCUT2D eigenvalue weighted by molar-refractivity contribution is -0.928. The van der Waals surface area contributed by atoms with Gasteiger partial charge in [-0.1, -0.05) is 0 Å². The van der Waals surface area contributed by atoms with Crippen LogP contribution in [0.4, 0.5) is 0 Å². The molecule has 1 aromatic rings. The summed E-state index contributed by atoms with van der Waals surface area (Å²) < 4.78 is 16.0. The molecule has 0 radical (unpaired) electrons. The van der Waals surface area contributed by atoms with Gasteiger partial charge in [-0.25, -0.2) is 0 Å². The number of piperidine rings is 1. The molecular formula is C19H31N2O4+. The van der Waals surface area contributed by atoms with E-state index < -0.39 is 0 Å². The summed E-state index contributed by atoms with van der Waals surface area (Å²) in [7, 11) is 4.61. The predicted molar refractivity (Wildman–Crippen MR) is 97.1 cm³/mol. The number of benzene rings is 1. The van der Waals surface area contributed by atoms with E-state index in [4.69, 9.17) is 14.2 Å². The molecule has 1 aromatic carbocycles. The van der Waals surface area contributed by atoms with Gasteiger partial charge >= 0.3 is 0 Å². The van der Waals surface area contributed by atoms with Crippen LogP contribution in [-0.2, 0) is 0 Å². The highest BCUT2D eigenvalue weighted by molar-refractivity contribution is 5.98. The van der Waals surface area contributed by atoms with Crippen molar-refractivity contribution in [3.05, 3.63) is 17.7 Å². The summed E-state index contributed by atoms with van der Waals surface area (Å²) in [6, 6.07) is 4.15. The number of carbonyl (C=O) groups excluding carboxylic acids is 1. The number of hydrogen-bond acceptors (Lipinski definition) is 4. The second-order valence-corrected chi connectivity index (χ2v) is 6.55. The molecule has 0 saturated carbocycles. The Balaban J connectivity index is 1.92. The molecule has 1 aliphatic heterocycles. The van der Waals surface area contributed by atoms with E-state index in [1.807, 2.05) is 0 Å². The Hall–Kier alpha value is -1.95. The smallest absolute Gasteiger partial charge is 0.255 e. The van der Waals surface area contributed by atoms with Crippen LogP contribution < -0.4 is 24.4 Å². The van der Waals surface area contributed by atoms with Crippen molar-refractivity contribution < 1.29 is 23.9 Å². The lowest BCUT2D eigenvalue weighted by Crippen LogP contribution is -3.16. The molecule has 2 rings (SSSR count). The number of ether oxygens (including phenoxy) is 3. The topological polar surface area (TPSA) is 61.2 Å². The predicted octanol–water partition coefficient (Wildman–Crippen LogP) is 1.29. The number of carbonyl (C=O) groups is 1. The summed E-state index contributed by atoms with van der Waals surface area (Å²) in [4.78, 5) is 14.2. The highest BCUT2D eigenvalue weighted by Gasteiger charge is 2.22. The van der Waals surface area contributed by atoms with Crippen molar-refractivity contribution in [3.63, 3.8) is 0 Å². The van der Waals surface area contributed by atoms with Crippen molar-refractivity contribution in [2.45, 2.75) is 38.6 Å². The number of amides is 1. The first kappa shape index (κ1) is 19.4. The second kappa shape index (κ2) is 9.51. The minimum atomic E-state index is -0.153. The maximum absolute atomic E-state index is 12.5. The van der Waals surface area contributed by atoms with E-state index in [1.165, 1.54) is 40.0 Å². The zero-order valence-corrected chi connectivity index (χ0v) is 15.8. The van der Waals surface area contributed by atoms with Crippen LogP contribution in [0.3, 0.4) is 0 Å². The lowest BCUT2D eigenvalue weighted by atomic mass is 10.0. The van der Waals surface area contributed by atoms with E-state index in [9.17, 15) is 4.79 Å². The zero-order chi connectivity index (χ0) is 18.2. The summed E-state index contributed by atoms with van der Waals surface area (Å²) in [5, 5.41) is 2.99. The number of likely N-dealkylation sites (tertiary alicyclic amines) is 1. The maximum atomic E-state index is 12.5. The highest BCUT2D eigenvalue weighted by atomic mass is 16.5. The Morgan fingerprint density at radius 3 is 2.56 bits per heavy atom. The van der Waals surface area contributed by atoms with E-state index in [-0.39, 0.29) is 5.91 Å². The van der Waals surface area contributed by atoms with Gasteiger partial charge in [-0.05, 0) is 38.3 Å². The average Bonchev–Trinajstić information content (AvgIpc) is 2.64. The zero-order valence-electron chi connectivity index (χ0n) is 15.8. The van der Waals surface area contributed by atoms with Gasteiger partial charge in [-0.2, -0.15) is 0 Å². The monoisotopic (exact) mass is 351 g/mol. The Kier molecular flexibility index (Phi) is 7.37. The van der Waals surface area contributed by atoms with E-state index in [1.54, 1.807) is 24.1 Å². The van der Waals surface area contributed by atoms with Crippen molar-refractivity contribution >= 4 is 5.91 Å². The van der Waals surface area contributed by atoms with Gasteiger partial charge in [0.25, 0.3) is 5.91 Å². The first-order chi connectivity index (χ1) is 12.1. The number of hydrogen-bond donors (Lipinski definition) is 2. The molecule has 1 heterocycles. The normalized spacial score (nSPS) is 20.0. The van der Waals surface area contributed by atoms with Crippen LogP contribution in [0.2, 0.25) is 0 Å². The Labute approximate surface area is 150 Å². The van der Waals surface area contributed by atoms with Crippen LogP contribution in [0, 0.1) is 0 Å². The van der Waals surface area contributed by atoms with Gasteiger partial charge in [-0.15, -0.1) is 0 Å². The molecule has 2 atom stereocenters. The quantitative estimate of drug-likeness (QED) is 0.693. The summed E-state index contributed by atoms with van der Waals surface area (Å²) in [5.41, 5.74) is 0.457. The van der Waals surface area contributed by atoms with Crippen LogP contribution in [0.15, 0.2) is 12.1 Å². The lowest BCUT2D eigenvalue weighted by Gasteiger charge is -2.30. The minimum absolute atomic E-state index is 0.153. The third-order valence-corrected chi connectivity index (χ3v) is 4.99. The number of nitrogens with one attached hydrogen (secondary N) is 2. The van der Waals surface area contributed by atoms with Crippen molar-refractivity contribution in [1.29, 1.82) is 0 Å². The van der Waals surface area contributed by atoms with Crippen LogP contribution >= 0.6 is 0 Å². The van der Waals surface area contributed by atoms with Crippen LogP contribution in [-0.4, -0.2) is 52.9 Å². The van der Waals surface area contributed by atoms with Crippen LogP contribution in [0.5, 0.6) is 17.2 Å². The summed E-state index contributed by atoms with van der Waals surface area (Å²) in [6.07, 6.45) is 4.95. The molecule has 140 valence electrons. The van der Waals surface area contributed by atoms with E-state index >= 15 is 0 Å². The van der Waals surface area contributed by atoms with Crippen LogP contribution in [0.25, 0.3) is 0 Å². The third-order valence-electron chi connectivity index (χ3n) is 4.99. The SMILES string of the molecule is COc1ccc(C(=O)NCCC[NH+]2CCCC[C@@H]2C)c(OC)c1OC. The van der Waals surface area contributed by atoms with Crippen molar-refractivity contribution in [1.82, 2.24) is 5.32 Å². The molecule has 2 N–H and O–H groups in total. The van der Waals surface area contributed by atoms with E-state index in [0.29, 0.717) is 29.4 Å². The van der Waals surface area contributed by atoms with Gasteiger partial charge < -0.3 is 24.4 Å². The van der Waals surface area contributed by atoms with Gasteiger partial charge in [0, 0.05) is 13.0 Å². The molecule has 6 heteroatoms. The fraction of sp³-hybridized carbons (Fsp3) is 0.632. The fourth-order valence-electron chi connectivity index (χ4n) is 3.52. The van der Waals surface area contributed by atoms with E-state index in [0.717, 1.165) is 19.0 Å². The largest absolute Gasteiger partial charge is 0.493 e. The van der Waals surface area contributed by atoms with Crippen molar-refractivity contribution in [2.24, 2.45) is 0 Å². The van der Waals surface area contributed by atoms with Gasteiger partial charge in [0.1, 0.15) is 0 Å². The molecule has 1 unspecified atom stereocenters. The number of methoxy groups -OCH3 is 3. The Morgan fingerprint density at radius 2 is 1.92 bits per heavy atom.